The van der Waals surface area contributed by atoms with Gasteiger partial charge in [-0.2, -0.15) is 0 Å². The molecule has 0 bridgehead atoms. The largest absolute Gasteiger partial charge is 0.349 e. The summed E-state index contributed by atoms with van der Waals surface area (Å²) < 4.78 is 19.7. The second kappa shape index (κ2) is 35.8. The molecule has 0 aliphatic carbocycles. The quantitative estimate of drug-likeness (QED) is 0.0577. The molecule has 0 aromatic heterocycles. The minimum absolute atomic E-state index is 0.378. The Hall–Kier alpha value is -0.120. The average molecular weight is 775 g/mol. The standard InChI is InChI=1S/C52H102O3/c1-5-9-13-17-21-25-29-33-39-49(37-31-27-23-19-15-11-7-3)41-35-43-51(45-47-53-51)55-52(46-48-54-52)44-36-42-50(38-32-28-24-20-16-12-8-4)40-34-30-26-22-18-14-10-6-2/h49-50H,5-48H2,1-4H3. The molecule has 0 aromatic carbocycles. The molecule has 2 heterocycles. The van der Waals surface area contributed by atoms with Crippen LogP contribution in [0.1, 0.15) is 297 Å². The average Bonchev–Trinajstić information content (AvgIpc) is 3.16. The summed E-state index contributed by atoms with van der Waals surface area (Å²) in [6.45, 7) is 11.0. The number of rotatable bonds is 44. The van der Waals surface area contributed by atoms with Crippen LogP contribution in [-0.4, -0.2) is 24.8 Å². The van der Waals surface area contributed by atoms with Crippen molar-refractivity contribution in [1.82, 2.24) is 0 Å². The number of unbranched alkanes of at least 4 members (excludes halogenated alkanes) is 26. The Morgan fingerprint density at radius 2 is 0.545 bits per heavy atom. The van der Waals surface area contributed by atoms with Gasteiger partial charge in [0.2, 0.25) is 0 Å². The van der Waals surface area contributed by atoms with Gasteiger partial charge in [0.25, 0.3) is 0 Å². The van der Waals surface area contributed by atoms with Crippen LogP contribution < -0.4 is 0 Å². The van der Waals surface area contributed by atoms with Crippen LogP contribution in [0.4, 0.5) is 0 Å². The third-order valence-corrected chi connectivity index (χ3v) is 13.8. The second-order valence-corrected chi connectivity index (χ2v) is 19.0. The maximum Gasteiger partial charge on any atom is 0.173 e. The summed E-state index contributed by atoms with van der Waals surface area (Å²) in [6, 6.07) is 0. The van der Waals surface area contributed by atoms with Gasteiger partial charge in [-0.3, -0.25) is 0 Å². The zero-order valence-electron chi connectivity index (χ0n) is 38.5. The summed E-state index contributed by atoms with van der Waals surface area (Å²) in [5.74, 6) is 1.01. The maximum atomic E-state index is 7.01. The minimum atomic E-state index is -0.378. The molecule has 0 radical (unpaired) electrons. The van der Waals surface area contributed by atoms with E-state index < -0.39 is 0 Å². The van der Waals surface area contributed by atoms with Crippen LogP contribution in [0.25, 0.3) is 0 Å². The minimum Gasteiger partial charge on any atom is -0.349 e. The Morgan fingerprint density at radius 3 is 0.764 bits per heavy atom. The maximum absolute atomic E-state index is 7.01. The van der Waals surface area contributed by atoms with Gasteiger partial charge in [0.05, 0.1) is 13.2 Å². The van der Waals surface area contributed by atoms with Crippen molar-refractivity contribution in [1.29, 1.82) is 0 Å². The molecule has 2 aliphatic rings. The van der Waals surface area contributed by atoms with E-state index in [1.165, 1.54) is 244 Å². The Balaban J connectivity index is 1.80. The molecule has 4 atom stereocenters. The van der Waals surface area contributed by atoms with Crippen molar-refractivity contribution in [3.63, 3.8) is 0 Å². The first-order chi connectivity index (χ1) is 27.1. The molecular weight excluding hydrogens is 673 g/mol. The van der Waals surface area contributed by atoms with Crippen LogP contribution in [0.2, 0.25) is 0 Å². The van der Waals surface area contributed by atoms with Crippen LogP contribution in [0.3, 0.4) is 0 Å². The van der Waals surface area contributed by atoms with Gasteiger partial charge < -0.3 is 14.2 Å². The fraction of sp³-hybridized carbons (Fsp3) is 1.00. The highest BCUT2D eigenvalue weighted by Gasteiger charge is 2.50. The van der Waals surface area contributed by atoms with E-state index in [4.69, 9.17) is 14.2 Å². The lowest BCUT2D eigenvalue weighted by molar-refractivity contribution is -0.432. The van der Waals surface area contributed by atoms with Crippen molar-refractivity contribution in [3.05, 3.63) is 0 Å². The van der Waals surface area contributed by atoms with Gasteiger partial charge in [-0.1, -0.05) is 259 Å². The molecule has 0 aromatic rings. The predicted octanol–water partition coefficient (Wildman–Crippen LogP) is 18.2. The lowest BCUT2D eigenvalue weighted by atomic mass is 9.87. The number of hydrogen-bond acceptors (Lipinski definition) is 3. The van der Waals surface area contributed by atoms with Crippen LogP contribution in [-0.2, 0) is 14.2 Å². The summed E-state index contributed by atoms with van der Waals surface area (Å²) in [7, 11) is 0. The molecule has 3 heteroatoms. The first kappa shape index (κ1) is 51.0. The molecule has 0 spiro atoms. The topological polar surface area (TPSA) is 27.7 Å². The van der Waals surface area contributed by atoms with Gasteiger partial charge in [-0.15, -0.1) is 0 Å². The SMILES string of the molecule is CCCCCCCCCCC(CCCCCCCCC)CCCC1(OC2(CCCC(CCCCCCCCC)CCCCCCCCCC)CCO2)CCO1. The molecule has 2 saturated heterocycles. The zero-order chi connectivity index (χ0) is 39.4. The molecule has 0 saturated carbocycles. The molecule has 0 amide bonds. The first-order valence-electron chi connectivity index (χ1n) is 26.1. The van der Waals surface area contributed by atoms with Crippen molar-refractivity contribution < 1.29 is 14.2 Å². The Bertz CT molecular complexity index is 724. The van der Waals surface area contributed by atoms with Crippen molar-refractivity contribution in [3.8, 4) is 0 Å². The van der Waals surface area contributed by atoms with Gasteiger partial charge >= 0.3 is 0 Å². The van der Waals surface area contributed by atoms with E-state index in [2.05, 4.69) is 27.7 Å². The fourth-order valence-corrected chi connectivity index (χ4v) is 9.76. The third-order valence-electron chi connectivity index (χ3n) is 13.8. The van der Waals surface area contributed by atoms with Crippen molar-refractivity contribution >= 4 is 0 Å². The van der Waals surface area contributed by atoms with Gasteiger partial charge in [0, 0.05) is 25.7 Å². The molecule has 0 N–H and O–H groups in total. The van der Waals surface area contributed by atoms with Gasteiger partial charge in [-0.25, -0.2) is 0 Å². The van der Waals surface area contributed by atoms with E-state index in [9.17, 15) is 0 Å². The normalized spacial score (nSPS) is 20.7. The highest BCUT2D eigenvalue weighted by atomic mass is 16.8. The van der Waals surface area contributed by atoms with Gasteiger partial charge in [-0.05, 0) is 24.7 Å². The summed E-state index contributed by atoms with van der Waals surface area (Å²) >= 11 is 0. The predicted molar refractivity (Wildman–Crippen MR) is 242 cm³/mol. The van der Waals surface area contributed by atoms with Crippen LogP contribution in [0.15, 0.2) is 0 Å². The monoisotopic (exact) mass is 775 g/mol. The third kappa shape index (κ3) is 26.6. The van der Waals surface area contributed by atoms with E-state index in [0.29, 0.717) is 0 Å². The van der Waals surface area contributed by atoms with E-state index in [0.717, 1.165) is 50.7 Å². The fourth-order valence-electron chi connectivity index (χ4n) is 9.76. The van der Waals surface area contributed by atoms with Gasteiger partial charge in [0.15, 0.2) is 11.6 Å². The van der Waals surface area contributed by atoms with Crippen LogP contribution >= 0.6 is 0 Å². The molecule has 3 nitrogen and oxygen atoms in total. The molecule has 2 rings (SSSR count). The van der Waals surface area contributed by atoms with E-state index in [1.54, 1.807) is 0 Å². The van der Waals surface area contributed by atoms with Gasteiger partial charge in [0.1, 0.15) is 0 Å². The van der Waals surface area contributed by atoms with Crippen LogP contribution in [0, 0.1) is 11.8 Å². The van der Waals surface area contributed by atoms with Crippen molar-refractivity contribution in [2.45, 2.75) is 309 Å². The van der Waals surface area contributed by atoms with Crippen molar-refractivity contribution in [2.24, 2.45) is 11.8 Å². The Labute approximate surface area is 347 Å². The molecule has 4 unspecified atom stereocenters. The van der Waals surface area contributed by atoms with E-state index in [1.807, 2.05) is 0 Å². The zero-order valence-corrected chi connectivity index (χ0v) is 38.5. The highest BCUT2D eigenvalue weighted by Crippen LogP contribution is 2.44. The lowest BCUT2D eigenvalue weighted by Gasteiger charge is -2.52. The molecule has 55 heavy (non-hydrogen) atoms. The molecule has 2 aliphatic heterocycles. The second-order valence-electron chi connectivity index (χ2n) is 19.0. The molecule has 328 valence electrons. The first-order valence-corrected chi connectivity index (χ1v) is 26.1. The Kier molecular flexibility index (Phi) is 33.2. The smallest absolute Gasteiger partial charge is 0.173 e. The molecular formula is C52H102O3. The summed E-state index contributed by atoms with van der Waals surface area (Å²) in [6.07, 6.45) is 57.9. The highest BCUT2D eigenvalue weighted by molar-refractivity contribution is 4.87. The lowest BCUT2D eigenvalue weighted by Crippen LogP contribution is -2.57. The molecule has 2 fully saturated rings. The summed E-state index contributed by atoms with van der Waals surface area (Å²) in [4.78, 5) is 0. The van der Waals surface area contributed by atoms with Crippen LogP contribution in [0.5, 0.6) is 0 Å². The van der Waals surface area contributed by atoms with E-state index >= 15 is 0 Å². The number of ether oxygens (including phenoxy) is 3. The summed E-state index contributed by atoms with van der Waals surface area (Å²) in [5, 5.41) is 0. The number of hydrogen-bond donors (Lipinski definition) is 0. The van der Waals surface area contributed by atoms with Crippen molar-refractivity contribution in [2.75, 3.05) is 13.2 Å². The van der Waals surface area contributed by atoms with E-state index in [-0.39, 0.29) is 11.6 Å². The summed E-state index contributed by atoms with van der Waals surface area (Å²) in [5.41, 5.74) is 0. The Morgan fingerprint density at radius 1 is 0.327 bits per heavy atom.